The highest BCUT2D eigenvalue weighted by Crippen LogP contribution is 1.97. The van der Waals surface area contributed by atoms with Gasteiger partial charge in [0, 0.05) is 0 Å². The predicted octanol–water partition coefficient (Wildman–Crippen LogP) is 0.715. The maximum Gasteiger partial charge on any atom is 0.307 e. The molecule has 0 saturated heterocycles. The van der Waals surface area contributed by atoms with Crippen LogP contribution >= 0.6 is 11.8 Å². The molecule has 0 aliphatic rings. The molecule has 0 atom stereocenters. The number of esters is 1. The first-order valence-electron chi connectivity index (χ1n) is 3.03. The summed E-state index contributed by atoms with van der Waals surface area (Å²) in [5, 5.41) is 8.17. The molecule has 0 aromatic heterocycles. The molecular weight excluding hydrogens is 168 g/mol. The van der Waals surface area contributed by atoms with Crippen LogP contribution in [0.4, 0.5) is 0 Å². The lowest BCUT2D eigenvalue weighted by Crippen LogP contribution is -2.06. The van der Waals surface area contributed by atoms with E-state index in [0.29, 0.717) is 5.94 Å². The number of hydrogen-bond acceptors (Lipinski definition) is 4. The van der Waals surface area contributed by atoms with Gasteiger partial charge >= 0.3 is 11.9 Å². The van der Waals surface area contributed by atoms with Crippen molar-refractivity contribution in [1.29, 1.82) is 0 Å². The van der Waals surface area contributed by atoms with Crippen LogP contribution < -0.4 is 0 Å². The molecule has 0 aromatic carbocycles. The van der Waals surface area contributed by atoms with Crippen molar-refractivity contribution in [3.63, 3.8) is 0 Å². The van der Waals surface area contributed by atoms with Gasteiger partial charge in [-0.1, -0.05) is 0 Å². The van der Waals surface area contributed by atoms with Crippen LogP contribution in [0.5, 0.6) is 0 Å². The van der Waals surface area contributed by atoms with Gasteiger partial charge in [0.25, 0.3) is 0 Å². The van der Waals surface area contributed by atoms with Gasteiger partial charge in [-0.3, -0.25) is 9.59 Å². The van der Waals surface area contributed by atoms with Crippen LogP contribution in [0.3, 0.4) is 0 Å². The largest absolute Gasteiger partial charge is 0.481 e. The molecule has 11 heavy (non-hydrogen) atoms. The minimum Gasteiger partial charge on any atom is -0.481 e. The van der Waals surface area contributed by atoms with E-state index in [0.717, 1.165) is 0 Å². The van der Waals surface area contributed by atoms with E-state index in [9.17, 15) is 9.59 Å². The van der Waals surface area contributed by atoms with E-state index in [1.54, 1.807) is 6.26 Å². The topological polar surface area (TPSA) is 63.6 Å². The summed E-state index contributed by atoms with van der Waals surface area (Å²) in [6.07, 6.45) is 1.59. The Labute approximate surface area is 68.9 Å². The van der Waals surface area contributed by atoms with Crippen LogP contribution in [0.2, 0.25) is 0 Å². The Kier molecular flexibility index (Phi) is 5.64. The van der Waals surface area contributed by atoms with Crippen molar-refractivity contribution in [3.05, 3.63) is 0 Å². The first-order chi connectivity index (χ1) is 5.16. The van der Waals surface area contributed by atoms with Crippen LogP contribution in [-0.4, -0.2) is 29.2 Å². The third-order valence-electron chi connectivity index (χ3n) is 0.881. The average Bonchev–Trinajstić information content (AvgIpc) is 1.97. The molecule has 1 N–H and O–H groups in total. The lowest BCUT2D eigenvalue weighted by molar-refractivity contribution is -0.146. The number of aliphatic carboxylic acids is 1. The highest BCUT2D eigenvalue weighted by Gasteiger charge is 2.04. The number of hydrogen-bond donors (Lipinski definition) is 1. The van der Waals surface area contributed by atoms with Crippen molar-refractivity contribution in [2.45, 2.75) is 12.8 Å². The molecule has 0 radical (unpaired) electrons. The van der Waals surface area contributed by atoms with Crippen molar-refractivity contribution in [3.8, 4) is 0 Å². The van der Waals surface area contributed by atoms with Gasteiger partial charge in [-0.2, -0.15) is 0 Å². The summed E-state index contributed by atoms with van der Waals surface area (Å²) in [6, 6.07) is 0. The molecule has 0 aromatic rings. The second-order valence-electron chi connectivity index (χ2n) is 1.82. The quantitative estimate of drug-likeness (QED) is 0.496. The fourth-order valence-electron chi connectivity index (χ4n) is 0.406. The van der Waals surface area contributed by atoms with Crippen molar-refractivity contribution in [2.24, 2.45) is 0 Å². The second-order valence-corrected chi connectivity index (χ2v) is 2.63. The van der Waals surface area contributed by atoms with E-state index < -0.39 is 11.9 Å². The zero-order valence-electron chi connectivity index (χ0n) is 6.20. The number of carbonyl (C=O) groups excluding carboxylic acids is 1. The van der Waals surface area contributed by atoms with Crippen LogP contribution in [0.1, 0.15) is 12.8 Å². The maximum absolute atomic E-state index is 10.6. The summed E-state index contributed by atoms with van der Waals surface area (Å²) in [5.41, 5.74) is 0. The highest BCUT2D eigenvalue weighted by molar-refractivity contribution is 7.98. The molecular formula is C6H10O4S. The first-order valence-corrected chi connectivity index (χ1v) is 4.42. The number of carbonyl (C=O) groups is 2. The Bertz CT molecular complexity index is 146. The van der Waals surface area contributed by atoms with Gasteiger partial charge < -0.3 is 9.84 Å². The Hall–Kier alpha value is -0.710. The van der Waals surface area contributed by atoms with Gasteiger partial charge in [-0.05, 0) is 6.26 Å². The first kappa shape index (κ1) is 10.3. The van der Waals surface area contributed by atoms with Crippen molar-refractivity contribution >= 4 is 23.7 Å². The molecule has 0 heterocycles. The van der Waals surface area contributed by atoms with Crippen molar-refractivity contribution < 1.29 is 19.4 Å². The Morgan fingerprint density at radius 1 is 1.45 bits per heavy atom. The highest BCUT2D eigenvalue weighted by atomic mass is 32.2. The van der Waals surface area contributed by atoms with Gasteiger partial charge in [0.15, 0.2) is 0 Å². The molecule has 0 aliphatic heterocycles. The molecule has 0 saturated carbocycles. The van der Waals surface area contributed by atoms with Crippen LogP contribution in [-0.2, 0) is 14.3 Å². The SMILES string of the molecule is CSCOC(=O)CCC(=O)O. The van der Waals surface area contributed by atoms with Crippen molar-refractivity contribution in [1.82, 2.24) is 0 Å². The van der Waals surface area contributed by atoms with Gasteiger partial charge in [0.05, 0.1) is 12.8 Å². The lowest BCUT2D eigenvalue weighted by Gasteiger charge is -1.99. The molecule has 0 unspecified atom stereocenters. The Morgan fingerprint density at radius 3 is 2.55 bits per heavy atom. The van der Waals surface area contributed by atoms with E-state index in [1.165, 1.54) is 11.8 Å². The summed E-state index contributed by atoms with van der Waals surface area (Å²) >= 11 is 1.37. The van der Waals surface area contributed by atoms with Gasteiger partial charge in [-0.15, -0.1) is 11.8 Å². The molecule has 0 bridgehead atoms. The van der Waals surface area contributed by atoms with E-state index in [1.807, 2.05) is 0 Å². The second kappa shape index (κ2) is 6.03. The normalized spacial score (nSPS) is 9.18. The summed E-state index contributed by atoms with van der Waals surface area (Å²) in [5.74, 6) is -1.15. The lowest BCUT2D eigenvalue weighted by atomic mass is 10.3. The summed E-state index contributed by atoms with van der Waals surface area (Å²) < 4.78 is 4.60. The molecule has 0 fully saturated rings. The smallest absolute Gasteiger partial charge is 0.307 e. The average molecular weight is 178 g/mol. The van der Waals surface area contributed by atoms with Crippen molar-refractivity contribution in [2.75, 3.05) is 12.2 Å². The van der Waals surface area contributed by atoms with E-state index in [-0.39, 0.29) is 12.8 Å². The number of carboxylic acid groups (broad SMARTS) is 1. The summed E-state index contributed by atoms with van der Waals surface area (Å²) in [7, 11) is 0. The van der Waals surface area contributed by atoms with Gasteiger partial charge in [0.1, 0.15) is 5.94 Å². The molecule has 0 rings (SSSR count). The zero-order chi connectivity index (χ0) is 8.69. The summed E-state index contributed by atoms with van der Waals surface area (Å²) in [6.45, 7) is 0. The van der Waals surface area contributed by atoms with Crippen LogP contribution in [0, 0.1) is 0 Å². The van der Waals surface area contributed by atoms with Gasteiger partial charge in [-0.25, -0.2) is 0 Å². The Balaban J connectivity index is 3.30. The number of thioether (sulfide) groups is 1. The molecule has 0 aliphatic carbocycles. The number of ether oxygens (including phenoxy) is 1. The minimum absolute atomic E-state index is 0.0457. The van der Waals surface area contributed by atoms with Crippen LogP contribution in [0.15, 0.2) is 0 Å². The van der Waals surface area contributed by atoms with Gasteiger partial charge in [0.2, 0.25) is 0 Å². The van der Waals surface area contributed by atoms with E-state index in [4.69, 9.17) is 5.11 Å². The molecule has 0 amide bonds. The molecule has 0 spiro atoms. The monoisotopic (exact) mass is 178 g/mol. The Morgan fingerprint density at radius 2 is 2.09 bits per heavy atom. The third kappa shape index (κ3) is 7.18. The fraction of sp³-hybridized carbons (Fsp3) is 0.667. The molecule has 4 nitrogen and oxygen atoms in total. The third-order valence-corrected chi connectivity index (χ3v) is 1.23. The fourth-order valence-corrected chi connectivity index (χ4v) is 0.655. The van der Waals surface area contributed by atoms with E-state index >= 15 is 0 Å². The number of carboxylic acids is 1. The predicted molar refractivity (Wildman–Crippen MR) is 41.3 cm³/mol. The molecule has 64 valence electrons. The molecule has 5 heteroatoms. The standard InChI is InChI=1S/C6H10O4S/c1-11-4-10-6(9)3-2-5(7)8/h2-4H2,1H3,(H,7,8). The number of rotatable bonds is 5. The maximum atomic E-state index is 10.6. The van der Waals surface area contributed by atoms with Crippen LogP contribution in [0.25, 0.3) is 0 Å². The zero-order valence-corrected chi connectivity index (χ0v) is 7.02. The minimum atomic E-state index is -0.980. The summed E-state index contributed by atoms with van der Waals surface area (Å²) in [4.78, 5) is 20.6. The van der Waals surface area contributed by atoms with E-state index in [2.05, 4.69) is 4.74 Å².